The first-order chi connectivity index (χ1) is 10.1. The largest absolute Gasteiger partial charge is 0.345 e. The Labute approximate surface area is 129 Å². The van der Waals surface area contributed by atoms with Gasteiger partial charge in [0.1, 0.15) is 10.6 Å². The van der Waals surface area contributed by atoms with Crippen LogP contribution >= 0.6 is 11.6 Å². The molecule has 1 aromatic heterocycles. The molecule has 0 saturated carbocycles. The van der Waals surface area contributed by atoms with Crippen LogP contribution < -0.4 is 10.5 Å². The predicted octanol–water partition coefficient (Wildman–Crippen LogP) is 1.86. The first kappa shape index (κ1) is 16.4. The number of carbonyl (C=O) groups is 1. The zero-order valence-corrected chi connectivity index (χ0v) is 12.7. The van der Waals surface area contributed by atoms with Crippen molar-refractivity contribution in [2.45, 2.75) is 4.90 Å². The van der Waals surface area contributed by atoms with Crippen molar-refractivity contribution in [2.75, 3.05) is 5.32 Å². The van der Waals surface area contributed by atoms with E-state index in [1.165, 1.54) is 11.6 Å². The number of carbonyl (C=O) groups excluding carboxylic acids is 1. The van der Waals surface area contributed by atoms with Crippen molar-refractivity contribution in [3.63, 3.8) is 0 Å². The molecule has 0 bridgehead atoms. The Kier molecular flexibility index (Phi) is 4.23. The second-order valence-corrected chi connectivity index (χ2v) is 6.39. The van der Waals surface area contributed by atoms with Gasteiger partial charge in [0.25, 0.3) is 5.91 Å². The minimum absolute atomic E-state index is 0.0371. The van der Waals surface area contributed by atoms with Gasteiger partial charge in [-0.2, -0.15) is 0 Å². The zero-order chi connectivity index (χ0) is 16.7. The molecule has 10 heteroatoms. The zero-order valence-electron chi connectivity index (χ0n) is 11.1. The van der Waals surface area contributed by atoms with Crippen molar-refractivity contribution >= 4 is 33.2 Å². The Morgan fingerprint density at radius 2 is 1.95 bits per heavy atom. The SMILES string of the molecule is Cn1cc(S(N)(=O)=O)cc1C(=O)Nc1cc(F)c(F)c(Cl)c1. The second-order valence-electron chi connectivity index (χ2n) is 4.42. The quantitative estimate of drug-likeness (QED) is 0.828. The van der Waals surface area contributed by atoms with Gasteiger partial charge in [0, 0.05) is 25.0 Å². The maximum absolute atomic E-state index is 13.2. The first-order valence-corrected chi connectivity index (χ1v) is 7.67. The third kappa shape index (κ3) is 3.26. The smallest absolute Gasteiger partial charge is 0.272 e. The van der Waals surface area contributed by atoms with E-state index in [-0.39, 0.29) is 16.3 Å². The summed E-state index contributed by atoms with van der Waals surface area (Å²) in [5.74, 6) is -3.19. The number of aryl methyl sites for hydroxylation is 1. The molecule has 0 saturated heterocycles. The van der Waals surface area contributed by atoms with Gasteiger partial charge in [0.2, 0.25) is 10.0 Å². The Balaban J connectivity index is 2.32. The Hall–Kier alpha value is -1.97. The molecule has 0 spiro atoms. The van der Waals surface area contributed by atoms with Crippen molar-refractivity contribution < 1.29 is 22.0 Å². The number of nitrogens with one attached hydrogen (secondary N) is 1. The van der Waals surface area contributed by atoms with Crippen LogP contribution in [0.2, 0.25) is 5.02 Å². The normalized spacial score (nSPS) is 11.5. The molecule has 3 N–H and O–H groups in total. The third-order valence-corrected chi connectivity index (χ3v) is 3.94. The van der Waals surface area contributed by atoms with Gasteiger partial charge in [-0.15, -0.1) is 0 Å². The highest BCUT2D eigenvalue weighted by Gasteiger charge is 2.18. The molecular weight excluding hydrogens is 340 g/mol. The van der Waals surface area contributed by atoms with E-state index in [4.69, 9.17) is 16.7 Å². The number of amides is 1. The average molecular weight is 350 g/mol. The lowest BCUT2D eigenvalue weighted by Gasteiger charge is -2.07. The van der Waals surface area contributed by atoms with Gasteiger partial charge in [-0.05, 0) is 12.1 Å². The molecule has 0 aliphatic heterocycles. The lowest BCUT2D eigenvalue weighted by molar-refractivity contribution is 0.101. The highest BCUT2D eigenvalue weighted by atomic mass is 35.5. The molecule has 22 heavy (non-hydrogen) atoms. The molecule has 6 nitrogen and oxygen atoms in total. The van der Waals surface area contributed by atoms with Crippen LogP contribution in [-0.2, 0) is 17.1 Å². The summed E-state index contributed by atoms with van der Waals surface area (Å²) >= 11 is 5.48. The molecule has 2 aromatic rings. The number of anilines is 1. The summed E-state index contributed by atoms with van der Waals surface area (Å²) in [5, 5.41) is 6.76. The van der Waals surface area contributed by atoms with Crippen LogP contribution in [0.15, 0.2) is 29.3 Å². The molecule has 1 amide bonds. The van der Waals surface area contributed by atoms with Crippen LogP contribution in [0, 0.1) is 11.6 Å². The first-order valence-electron chi connectivity index (χ1n) is 5.74. The van der Waals surface area contributed by atoms with Gasteiger partial charge in [-0.1, -0.05) is 11.6 Å². The molecule has 2 rings (SSSR count). The highest BCUT2D eigenvalue weighted by Crippen LogP contribution is 2.23. The van der Waals surface area contributed by atoms with Gasteiger partial charge >= 0.3 is 0 Å². The lowest BCUT2D eigenvalue weighted by Crippen LogP contribution is -2.15. The number of hydrogen-bond donors (Lipinski definition) is 2. The summed E-state index contributed by atoms with van der Waals surface area (Å²) in [6.07, 6.45) is 1.16. The van der Waals surface area contributed by atoms with Gasteiger partial charge < -0.3 is 9.88 Å². The molecule has 0 aliphatic carbocycles. The van der Waals surface area contributed by atoms with E-state index in [0.29, 0.717) is 0 Å². The third-order valence-electron chi connectivity index (χ3n) is 2.78. The number of hydrogen-bond acceptors (Lipinski definition) is 3. The van der Waals surface area contributed by atoms with Crippen LogP contribution in [0.5, 0.6) is 0 Å². The summed E-state index contributed by atoms with van der Waals surface area (Å²) < 4.78 is 50.0. The standard InChI is InChI=1S/C12H10ClF2N3O3S/c1-18-5-7(22(16,20)21)4-10(18)12(19)17-6-2-8(13)11(15)9(14)3-6/h2-5H,1H3,(H,17,19)(H2,16,20,21). The maximum Gasteiger partial charge on any atom is 0.272 e. The van der Waals surface area contributed by atoms with Crippen LogP contribution in [0.1, 0.15) is 10.5 Å². The average Bonchev–Trinajstić information content (AvgIpc) is 2.78. The molecule has 1 heterocycles. The van der Waals surface area contributed by atoms with Crippen molar-refractivity contribution in [1.82, 2.24) is 4.57 Å². The fourth-order valence-electron chi connectivity index (χ4n) is 1.74. The van der Waals surface area contributed by atoms with E-state index >= 15 is 0 Å². The summed E-state index contributed by atoms with van der Waals surface area (Å²) in [6.45, 7) is 0. The van der Waals surface area contributed by atoms with E-state index in [2.05, 4.69) is 5.32 Å². The monoisotopic (exact) mass is 349 g/mol. The Morgan fingerprint density at radius 3 is 2.45 bits per heavy atom. The van der Waals surface area contributed by atoms with Crippen LogP contribution in [0.4, 0.5) is 14.5 Å². The van der Waals surface area contributed by atoms with Crippen molar-refractivity contribution in [1.29, 1.82) is 0 Å². The number of aromatic nitrogens is 1. The summed E-state index contributed by atoms with van der Waals surface area (Å²) in [7, 11) is -2.53. The number of benzene rings is 1. The predicted molar refractivity (Wildman–Crippen MR) is 76.1 cm³/mol. The van der Waals surface area contributed by atoms with E-state index in [9.17, 15) is 22.0 Å². The van der Waals surface area contributed by atoms with Gasteiger partial charge in [0.05, 0.1) is 5.02 Å². The number of primary sulfonamides is 1. The van der Waals surface area contributed by atoms with Gasteiger partial charge in [-0.25, -0.2) is 22.3 Å². The van der Waals surface area contributed by atoms with E-state index in [1.807, 2.05) is 0 Å². The van der Waals surface area contributed by atoms with Gasteiger partial charge in [0.15, 0.2) is 11.6 Å². The summed E-state index contributed by atoms with van der Waals surface area (Å²) in [4.78, 5) is 11.8. The lowest BCUT2D eigenvalue weighted by atomic mass is 10.3. The molecule has 0 unspecified atom stereocenters. The second kappa shape index (κ2) is 5.67. The number of nitrogens with zero attached hydrogens (tertiary/aromatic N) is 1. The minimum atomic E-state index is -3.96. The minimum Gasteiger partial charge on any atom is -0.345 e. The Morgan fingerprint density at radius 1 is 1.32 bits per heavy atom. The number of nitrogens with two attached hydrogens (primary N) is 1. The number of halogens is 3. The fourth-order valence-corrected chi connectivity index (χ4v) is 2.53. The topological polar surface area (TPSA) is 94.2 Å². The molecular formula is C12H10ClF2N3O3S. The molecule has 118 valence electrons. The molecule has 0 aliphatic rings. The van der Waals surface area contributed by atoms with E-state index in [0.717, 1.165) is 24.4 Å². The molecule has 1 aromatic carbocycles. The number of sulfonamides is 1. The number of rotatable bonds is 3. The summed E-state index contributed by atoms with van der Waals surface area (Å²) in [5.41, 5.74) is -0.114. The fraction of sp³-hybridized carbons (Fsp3) is 0.0833. The molecule has 0 fully saturated rings. The Bertz CT molecular complexity index is 841. The summed E-state index contributed by atoms with van der Waals surface area (Å²) in [6, 6.07) is 2.84. The van der Waals surface area contributed by atoms with Crippen molar-refractivity contribution in [3.8, 4) is 0 Å². The van der Waals surface area contributed by atoms with Crippen molar-refractivity contribution in [3.05, 3.63) is 46.7 Å². The highest BCUT2D eigenvalue weighted by molar-refractivity contribution is 7.89. The van der Waals surface area contributed by atoms with Crippen LogP contribution in [0.25, 0.3) is 0 Å². The van der Waals surface area contributed by atoms with E-state index < -0.39 is 32.6 Å². The maximum atomic E-state index is 13.2. The van der Waals surface area contributed by atoms with E-state index in [1.54, 1.807) is 0 Å². The van der Waals surface area contributed by atoms with Crippen LogP contribution in [-0.4, -0.2) is 18.9 Å². The van der Waals surface area contributed by atoms with Gasteiger partial charge in [-0.3, -0.25) is 4.79 Å². The van der Waals surface area contributed by atoms with Crippen molar-refractivity contribution in [2.24, 2.45) is 12.2 Å². The van der Waals surface area contributed by atoms with Crippen LogP contribution in [0.3, 0.4) is 0 Å². The molecule has 0 atom stereocenters. The molecule has 0 radical (unpaired) electrons.